The molecule has 8 aromatic rings. The minimum atomic E-state index is -6.07. The number of benzene rings is 8. The Hall–Kier alpha value is -8.07. The van der Waals surface area contributed by atoms with Gasteiger partial charge in [0.25, 0.3) is 0 Å². The van der Waals surface area contributed by atoms with Gasteiger partial charge in [-0.2, -0.15) is 35.1 Å². The lowest BCUT2D eigenvalue weighted by atomic mass is 9.73. The molecule has 0 aliphatic carbocycles. The van der Waals surface area contributed by atoms with E-state index in [1.54, 1.807) is 44.2 Å². The van der Waals surface area contributed by atoms with Crippen molar-refractivity contribution in [2.75, 3.05) is 14.2 Å². The molecule has 8 aromatic carbocycles. The molecular weight excluding hydrogens is 1070 g/mol. The molecule has 0 saturated carbocycles. The summed E-state index contributed by atoms with van der Waals surface area (Å²) >= 11 is 0. The average Bonchev–Trinajstić information content (AvgIpc) is 3.47. The van der Waals surface area contributed by atoms with E-state index in [2.05, 4.69) is 0 Å². The van der Waals surface area contributed by atoms with E-state index in [9.17, 15) is 34.8 Å². The van der Waals surface area contributed by atoms with Gasteiger partial charge in [-0.3, -0.25) is 0 Å². The molecule has 0 aromatic heterocycles. The molecule has 21 heteroatoms. The van der Waals surface area contributed by atoms with Crippen molar-refractivity contribution in [2.45, 2.75) is 47.8 Å². The molecule has 0 radical (unpaired) electrons. The number of aryl methyl sites for hydroxylation is 2. The van der Waals surface area contributed by atoms with Crippen LogP contribution < -0.4 is 18.9 Å². The number of halogens is 14. The van der Waals surface area contributed by atoms with E-state index in [0.29, 0.717) is 63.8 Å². The predicted octanol–water partition coefficient (Wildman–Crippen LogP) is 16.2. The fourth-order valence-electron chi connectivity index (χ4n) is 8.61. The zero-order chi connectivity index (χ0) is 56.1. The first-order valence-corrected chi connectivity index (χ1v) is 23.9. The largest absolute Gasteiger partial charge is 0.497 e. The first-order chi connectivity index (χ1) is 36.2. The number of sulfone groups is 1. The van der Waals surface area contributed by atoms with Crippen molar-refractivity contribution in [1.82, 2.24) is 0 Å². The quantitative estimate of drug-likeness (QED) is 0.0798. The van der Waals surface area contributed by atoms with Gasteiger partial charge >= 0.3 is 12.4 Å². The lowest BCUT2D eigenvalue weighted by molar-refractivity contribution is -0.288. The maximum atomic E-state index is 15.7. The Kier molecular flexibility index (Phi) is 14.9. The van der Waals surface area contributed by atoms with E-state index >= 15 is 35.1 Å². The van der Waals surface area contributed by atoms with Crippen molar-refractivity contribution in [3.8, 4) is 56.8 Å². The van der Waals surface area contributed by atoms with Crippen molar-refractivity contribution in [3.63, 3.8) is 0 Å². The van der Waals surface area contributed by atoms with E-state index < -0.39 is 120 Å². The molecule has 0 N–H and O–H groups in total. The summed E-state index contributed by atoms with van der Waals surface area (Å²) in [5.74, 6) is -21.6. The van der Waals surface area contributed by atoms with Gasteiger partial charge in [0.05, 0.1) is 35.1 Å². The first kappa shape index (κ1) is 55.2. The van der Waals surface area contributed by atoms with Crippen LogP contribution in [0.2, 0.25) is 0 Å². The molecule has 0 spiro atoms. The minimum Gasteiger partial charge on any atom is -0.497 e. The Morgan fingerprint density at radius 3 is 1.23 bits per heavy atom. The second-order valence-electron chi connectivity index (χ2n) is 17.2. The number of hydrogen-bond acceptors (Lipinski definition) is 6. The number of hydrogen-bond donors (Lipinski definition) is 0. The summed E-state index contributed by atoms with van der Waals surface area (Å²) in [7, 11) is -1.29. The van der Waals surface area contributed by atoms with Crippen molar-refractivity contribution in [2.24, 2.45) is 0 Å². The van der Waals surface area contributed by atoms with E-state index in [0.717, 1.165) is 19.2 Å². The zero-order valence-electron chi connectivity index (χ0n) is 40.1. The highest BCUT2D eigenvalue weighted by atomic mass is 32.2. The standard InChI is InChI=1S/C56H36F14O6S/c1-28-25-38(21-23-41(28)74-4)77(71,72)39-22-24-42(29(2)26-39)75-36-15-9-32(10-16-36)31-7-5-30(6-8-31)27-40-45(57)47(59)43(48(60)46(40)58)44-49(61)51(63)53(52(64)50(44)62)76-37-19-13-34(14-20-37)54(55(65,66)67,56(68,69)70)33-11-17-35(73-3)18-12-33/h5-26H,27H2,1-4H3. The zero-order valence-corrected chi connectivity index (χ0v) is 40.9. The van der Waals surface area contributed by atoms with Crippen LogP contribution in [0, 0.1) is 60.4 Å². The van der Waals surface area contributed by atoms with Crippen molar-refractivity contribution in [1.29, 1.82) is 0 Å². The van der Waals surface area contributed by atoms with E-state index in [1.807, 2.05) is 0 Å². The summed E-state index contributed by atoms with van der Waals surface area (Å²) in [5, 5.41) is 0. The van der Waals surface area contributed by atoms with Crippen molar-refractivity contribution in [3.05, 3.63) is 213 Å². The molecule has 0 saturated heterocycles. The van der Waals surface area contributed by atoms with Crippen LogP contribution in [0.25, 0.3) is 22.3 Å². The molecule has 0 aliphatic rings. The molecule has 0 fully saturated rings. The first-order valence-electron chi connectivity index (χ1n) is 22.4. The van der Waals surface area contributed by atoms with Crippen LogP contribution in [-0.2, 0) is 21.7 Å². The maximum absolute atomic E-state index is 15.7. The molecule has 6 nitrogen and oxygen atoms in total. The molecule has 0 amide bonds. The molecule has 0 aliphatic heterocycles. The number of ether oxygens (including phenoxy) is 4. The van der Waals surface area contributed by atoms with Gasteiger partial charge in [-0.05, 0) is 126 Å². The second-order valence-corrected chi connectivity index (χ2v) is 19.2. The SMILES string of the molecule is COc1ccc(C(c2ccc(Oc3c(F)c(F)c(-c4c(F)c(F)c(Cc5ccc(-c6ccc(Oc7ccc(S(=O)(=O)c8ccc(OC)c(C)c8)cc7C)cc6)cc5)c(F)c4F)c(F)c3F)cc2)(C(F)(F)F)C(F)(F)F)cc1. The van der Waals surface area contributed by atoms with Gasteiger partial charge in [-0.1, -0.05) is 60.7 Å². The lowest BCUT2D eigenvalue weighted by Gasteiger charge is -2.38. The molecular formula is C56H36F14O6S. The van der Waals surface area contributed by atoms with Crippen LogP contribution in [0.5, 0.6) is 34.5 Å². The van der Waals surface area contributed by atoms with Crippen LogP contribution in [0.15, 0.2) is 143 Å². The van der Waals surface area contributed by atoms with Gasteiger partial charge in [0.1, 0.15) is 28.7 Å². The smallest absolute Gasteiger partial charge is 0.411 e. The highest BCUT2D eigenvalue weighted by molar-refractivity contribution is 7.91. The summed E-state index contributed by atoms with van der Waals surface area (Å²) < 4.78 is 260. The predicted molar refractivity (Wildman–Crippen MR) is 253 cm³/mol. The molecule has 0 bridgehead atoms. The van der Waals surface area contributed by atoms with Crippen LogP contribution in [0.4, 0.5) is 61.5 Å². The monoisotopic (exact) mass is 1100 g/mol. The Balaban J connectivity index is 0.992. The van der Waals surface area contributed by atoms with Crippen LogP contribution >= 0.6 is 0 Å². The molecule has 0 unspecified atom stereocenters. The topological polar surface area (TPSA) is 71.1 Å². The summed E-state index contributed by atoms with van der Waals surface area (Å²) in [4.78, 5) is 0.126. The third-order valence-electron chi connectivity index (χ3n) is 12.6. The van der Waals surface area contributed by atoms with E-state index in [4.69, 9.17) is 18.9 Å². The highest BCUT2D eigenvalue weighted by Crippen LogP contribution is 2.57. The van der Waals surface area contributed by atoms with Crippen molar-refractivity contribution < 1.29 is 88.8 Å². The minimum absolute atomic E-state index is 0.0435. The summed E-state index contributed by atoms with van der Waals surface area (Å²) in [6.45, 7) is 3.39. The fourth-order valence-corrected chi connectivity index (χ4v) is 10.0. The van der Waals surface area contributed by atoms with E-state index in [-0.39, 0.29) is 33.2 Å². The van der Waals surface area contributed by atoms with Gasteiger partial charge in [-0.25, -0.2) is 34.8 Å². The summed E-state index contributed by atoms with van der Waals surface area (Å²) in [6, 6.07) is 24.9. The van der Waals surface area contributed by atoms with Gasteiger partial charge in [0.2, 0.25) is 32.6 Å². The van der Waals surface area contributed by atoms with Crippen molar-refractivity contribution >= 4 is 9.84 Å². The van der Waals surface area contributed by atoms with E-state index in [1.165, 1.54) is 61.7 Å². The number of rotatable bonds is 14. The summed E-state index contributed by atoms with van der Waals surface area (Å²) in [5.41, 5.74) is -10.9. The third kappa shape index (κ3) is 9.99. The van der Waals surface area contributed by atoms with Gasteiger partial charge < -0.3 is 18.9 Å². The Bertz CT molecular complexity index is 3590. The maximum Gasteiger partial charge on any atom is 0.411 e. The third-order valence-corrected chi connectivity index (χ3v) is 14.3. The van der Waals surface area contributed by atoms with Crippen LogP contribution in [-0.4, -0.2) is 35.0 Å². The molecule has 8 rings (SSSR count). The Morgan fingerprint density at radius 1 is 0.429 bits per heavy atom. The van der Waals surface area contributed by atoms with Gasteiger partial charge in [0, 0.05) is 12.0 Å². The highest BCUT2D eigenvalue weighted by Gasteiger charge is 2.72. The molecule has 0 atom stereocenters. The van der Waals surface area contributed by atoms with Gasteiger partial charge in [-0.15, -0.1) is 0 Å². The van der Waals surface area contributed by atoms with Gasteiger partial charge in [0.15, 0.2) is 34.9 Å². The lowest BCUT2D eigenvalue weighted by Crippen LogP contribution is -2.54. The normalized spacial score (nSPS) is 12.2. The number of methoxy groups -OCH3 is 2. The molecule has 77 heavy (non-hydrogen) atoms. The van der Waals surface area contributed by atoms with Crippen LogP contribution in [0.1, 0.15) is 33.4 Å². The number of alkyl halides is 6. The van der Waals surface area contributed by atoms with Crippen LogP contribution in [0.3, 0.4) is 0 Å². The summed E-state index contributed by atoms with van der Waals surface area (Å²) in [6.07, 6.45) is -13.0. The molecule has 0 heterocycles. The Labute approximate surface area is 429 Å². The average molecular weight is 1100 g/mol. The molecule has 400 valence electrons. The fraction of sp³-hybridized carbons (Fsp3) is 0.143. The second kappa shape index (κ2) is 20.8. The Morgan fingerprint density at radius 2 is 0.818 bits per heavy atom.